The number of aliphatic hydroxyl groups excluding tert-OH is 4. The average Bonchev–Trinajstić information content (AvgIpc) is 1.88. The Morgan fingerprint density at radius 1 is 0.667 bits per heavy atom. The molecule has 0 aromatic heterocycles. The van der Waals surface area contributed by atoms with Crippen molar-refractivity contribution in [2.75, 3.05) is 26.4 Å². The van der Waals surface area contributed by atoms with E-state index < -0.39 is 0 Å². The molecule has 4 N–H and O–H groups in total. The average molecular weight is 166 g/mol. The van der Waals surface area contributed by atoms with E-state index in [0.29, 0.717) is 0 Å². The molecule has 0 amide bonds. The quantitative estimate of drug-likeness (QED) is 0.350. The Morgan fingerprint density at radius 3 is 0.778 bits per heavy atom. The zero-order valence-electron chi connectivity index (χ0n) is 7.32. The van der Waals surface area contributed by atoms with Crippen LogP contribution in [0.1, 0.15) is 2.85 Å². The van der Waals surface area contributed by atoms with E-state index in [2.05, 4.69) is 0 Å². The van der Waals surface area contributed by atoms with Gasteiger partial charge < -0.3 is 23.3 Å². The van der Waals surface area contributed by atoms with Gasteiger partial charge in [0, 0.05) is 0 Å². The molecule has 4 nitrogen and oxygen atoms in total. The molecule has 0 unspecified atom stereocenters. The Bertz CT molecular complexity index is 28.1. The molecule has 0 heterocycles. The van der Waals surface area contributed by atoms with Crippen molar-refractivity contribution in [2.45, 2.75) is 0 Å². The third-order valence-electron chi connectivity index (χ3n) is 0.200. The normalized spacial score (nSPS) is 6.67. The Labute approximate surface area is 87.1 Å². The van der Waals surface area contributed by atoms with Crippen LogP contribution >= 0.6 is 0 Å². The van der Waals surface area contributed by atoms with Gasteiger partial charge in [-0.3, -0.25) is 0 Å². The van der Waals surface area contributed by atoms with Crippen molar-refractivity contribution in [3.8, 4) is 0 Å². The van der Waals surface area contributed by atoms with E-state index in [1.165, 1.54) is 0 Å². The van der Waals surface area contributed by atoms with Gasteiger partial charge in [0.05, 0.1) is 26.4 Å². The molecule has 0 aliphatic heterocycles. The minimum atomic E-state index is -0.125. The summed E-state index contributed by atoms with van der Waals surface area (Å²) in [5, 5.41) is 30.5. The molecule has 0 atom stereocenters. The topological polar surface area (TPSA) is 80.9 Å². The summed E-state index contributed by atoms with van der Waals surface area (Å²) in [4.78, 5) is 0. The maximum atomic E-state index is 7.62. The van der Waals surface area contributed by atoms with Crippen LogP contribution in [0.15, 0.2) is 0 Å². The second-order valence-electron chi connectivity index (χ2n) is 0.894. The summed E-state index contributed by atoms with van der Waals surface area (Å²) in [6, 6.07) is 0. The van der Waals surface area contributed by atoms with Crippen LogP contribution in [-0.2, 0) is 0 Å². The van der Waals surface area contributed by atoms with Crippen molar-refractivity contribution in [1.82, 2.24) is 0 Å². The first-order valence-corrected chi connectivity index (χ1v) is 2.26. The minimum Gasteiger partial charge on any atom is -1.00 e. The van der Waals surface area contributed by atoms with Crippen LogP contribution in [0.2, 0.25) is 0 Å². The number of rotatable bonds is 2. The molecule has 0 fully saturated rings. The monoisotopic (exact) mass is 166 g/mol. The largest absolute Gasteiger partial charge is 2.00 e. The van der Waals surface area contributed by atoms with Crippen molar-refractivity contribution in [1.29, 1.82) is 0 Å². The van der Waals surface area contributed by atoms with Gasteiger partial charge in [-0.15, -0.1) is 0 Å². The first kappa shape index (κ1) is 16.6. The molecule has 0 aliphatic rings. The van der Waals surface area contributed by atoms with Crippen LogP contribution in [0.5, 0.6) is 0 Å². The van der Waals surface area contributed by atoms with Crippen LogP contribution in [0.25, 0.3) is 0 Å². The Kier molecular flexibility index (Phi) is 42.3. The van der Waals surface area contributed by atoms with E-state index >= 15 is 0 Å². The van der Waals surface area contributed by atoms with Crippen LogP contribution < -0.4 is 0 Å². The van der Waals surface area contributed by atoms with Gasteiger partial charge in [-0.2, -0.15) is 0 Å². The van der Waals surface area contributed by atoms with Gasteiger partial charge in [0.1, 0.15) is 0 Å². The van der Waals surface area contributed by atoms with E-state index in [9.17, 15) is 0 Å². The predicted octanol–water partition coefficient (Wildman–Crippen LogP) is -2.21. The molecule has 0 rings (SSSR count). The molecule has 9 heavy (non-hydrogen) atoms. The molecule has 0 radical (unpaired) electrons. The third-order valence-corrected chi connectivity index (χ3v) is 0.200. The van der Waals surface area contributed by atoms with E-state index in [1.807, 2.05) is 0 Å². The molecule has 0 aromatic rings. The van der Waals surface area contributed by atoms with Crippen LogP contribution in [0.4, 0.5) is 0 Å². The van der Waals surface area contributed by atoms with Crippen molar-refractivity contribution in [3.05, 3.63) is 0 Å². The summed E-state index contributed by atoms with van der Waals surface area (Å²) in [5.41, 5.74) is 0. The summed E-state index contributed by atoms with van der Waals surface area (Å²) in [6.45, 7) is -0.500. The Hall–Kier alpha value is 1.10. The third kappa shape index (κ3) is 47.7. The summed E-state index contributed by atoms with van der Waals surface area (Å²) in [7, 11) is 0. The van der Waals surface area contributed by atoms with E-state index in [-0.39, 0.29) is 67.0 Å². The molecule has 0 aliphatic carbocycles. The molecular weight excluding hydrogens is 152 g/mol. The second-order valence-corrected chi connectivity index (χ2v) is 0.894. The fraction of sp³-hybridized carbons (Fsp3) is 1.00. The van der Waals surface area contributed by atoms with Gasteiger partial charge in [-0.05, 0) is 0 Å². The Balaban J connectivity index is -0.0000000171. The molecule has 0 spiro atoms. The molecule has 56 valence electrons. The molecule has 5 heteroatoms. The molecular formula is C4H14CaO4. The zero-order valence-corrected chi connectivity index (χ0v) is 7.53. The van der Waals surface area contributed by atoms with E-state index in [1.54, 1.807) is 0 Å². The van der Waals surface area contributed by atoms with Crippen LogP contribution in [-0.4, -0.2) is 84.6 Å². The molecule has 0 aromatic carbocycles. The van der Waals surface area contributed by atoms with Crippen molar-refractivity contribution >= 4 is 37.7 Å². The van der Waals surface area contributed by atoms with Gasteiger partial charge in [-0.1, -0.05) is 0 Å². The van der Waals surface area contributed by atoms with Gasteiger partial charge in [0.25, 0.3) is 0 Å². The van der Waals surface area contributed by atoms with Crippen molar-refractivity contribution < 1.29 is 23.3 Å². The van der Waals surface area contributed by atoms with Gasteiger partial charge in [-0.25, -0.2) is 0 Å². The zero-order chi connectivity index (χ0) is 6.83. The Morgan fingerprint density at radius 2 is 0.778 bits per heavy atom. The van der Waals surface area contributed by atoms with Crippen LogP contribution in [0, 0.1) is 0 Å². The fourth-order valence-electron chi connectivity index (χ4n) is 0. The SMILES string of the molecule is OCCO.OCCO.[Ca+2].[H-].[H-]. The summed E-state index contributed by atoms with van der Waals surface area (Å²) in [5.74, 6) is 0. The number of hydrogen-bond donors (Lipinski definition) is 4. The maximum Gasteiger partial charge on any atom is 2.00 e. The molecule has 0 saturated carbocycles. The number of aliphatic hydroxyl groups is 4. The van der Waals surface area contributed by atoms with Gasteiger partial charge in [0.2, 0.25) is 0 Å². The first-order chi connectivity index (χ1) is 3.83. The summed E-state index contributed by atoms with van der Waals surface area (Å²) in [6.07, 6.45) is 0. The standard InChI is InChI=1S/2C2H6O2.Ca.2H/c2*3-1-2-4;;;/h2*3-4H,1-2H2;;;/q;;+2;2*-1. The fourth-order valence-corrected chi connectivity index (χ4v) is 0. The van der Waals surface area contributed by atoms with Crippen molar-refractivity contribution in [3.63, 3.8) is 0 Å². The van der Waals surface area contributed by atoms with E-state index in [0.717, 1.165) is 0 Å². The van der Waals surface area contributed by atoms with Crippen molar-refractivity contribution in [2.24, 2.45) is 0 Å². The summed E-state index contributed by atoms with van der Waals surface area (Å²) < 4.78 is 0. The molecule has 0 bridgehead atoms. The smallest absolute Gasteiger partial charge is 1.00 e. The number of hydrogen-bond acceptors (Lipinski definition) is 4. The molecule has 0 saturated heterocycles. The predicted molar refractivity (Wildman–Crippen MR) is 36.3 cm³/mol. The minimum absolute atomic E-state index is 0. The van der Waals surface area contributed by atoms with E-state index in [4.69, 9.17) is 20.4 Å². The summed E-state index contributed by atoms with van der Waals surface area (Å²) >= 11 is 0. The van der Waals surface area contributed by atoms with Crippen LogP contribution in [0.3, 0.4) is 0 Å². The maximum absolute atomic E-state index is 7.62. The first-order valence-electron chi connectivity index (χ1n) is 2.26. The van der Waals surface area contributed by atoms with Gasteiger partial charge >= 0.3 is 37.7 Å². The van der Waals surface area contributed by atoms with Gasteiger partial charge in [0.15, 0.2) is 0 Å². The second kappa shape index (κ2) is 23.0.